The molecule has 11 heteroatoms. The lowest BCUT2D eigenvalue weighted by Crippen LogP contribution is -2.11. The molecule has 0 bridgehead atoms. The quantitative estimate of drug-likeness (QED) is 0.447. The van der Waals surface area contributed by atoms with Crippen LogP contribution in [0, 0.1) is 0 Å². The predicted molar refractivity (Wildman–Crippen MR) is 94.5 cm³/mol. The molecule has 3 heterocycles. The number of halogens is 3. The molecule has 7 nitrogen and oxygen atoms in total. The Balaban J connectivity index is 1.50. The summed E-state index contributed by atoms with van der Waals surface area (Å²) in [4.78, 5) is 7.25. The lowest BCUT2D eigenvalue weighted by molar-refractivity contribution is -0.145. The third-order valence-corrected chi connectivity index (χ3v) is 4.88. The molecular weight excluding hydrogens is 409 g/mol. The monoisotopic (exact) mass is 418 g/mol. The molecule has 5 rings (SSSR count). The van der Waals surface area contributed by atoms with Gasteiger partial charge in [-0.15, -0.1) is 10.2 Å². The predicted octanol–water partition coefficient (Wildman–Crippen LogP) is 4.58. The van der Waals surface area contributed by atoms with Crippen LogP contribution in [-0.4, -0.2) is 27.0 Å². The minimum atomic E-state index is -4.67. The first kappa shape index (κ1) is 17.7. The molecule has 29 heavy (non-hydrogen) atoms. The van der Waals surface area contributed by atoms with Gasteiger partial charge >= 0.3 is 6.18 Å². The van der Waals surface area contributed by atoms with E-state index in [-0.39, 0.29) is 28.4 Å². The van der Waals surface area contributed by atoms with Crippen LogP contribution in [0.25, 0.3) is 22.4 Å². The summed E-state index contributed by atoms with van der Waals surface area (Å²) in [7, 11) is 0. The van der Waals surface area contributed by atoms with Crippen LogP contribution >= 0.6 is 11.8 Å². The summed E-state index contributed by atoms with van der Waals surface area (Å²) in [5.41, 5.74) is 0.768. The van der Waals surface area contributed by atoms with E-state index in [1.165, 1.54) is 6.07 Å². The average molecular weight is 418 g/mol. The van der Waals surface area contributed by atoms with E-state index in [0.717, 1.165) is 11.8 Å². The van der Waals surface area contributed by atoms with Crippen molar-refractivity contribution in [3.63, 3.8) is 0 Å². The number of hydrogen-bond donors (Lipinski definition) is 0. The molecule has 0 fully saturated rings. The smallest absolute Gasteiger partial charge is 0.451 e. The maximum Gasteiger partial charge on any atom is 0.451 e. The third kappa shape index (κ3) is 3.33. The number of aromatic nitrogens is 4. The van der Waals surface area contributed by atoms with Gasteiger partial charge in [-0.2, -0.15) is 13.2 Å². The van der Waals surface area contributed by atoms with Crippen molar-refractivity contribution in [2.45, 2.75) is 16.4 Å². The molecule has 0 saturated heterocycles. The number of hydrogen-bond acceptors (Lipinski definition) is 8. The topological polar surface area (TPSA) is 83.2 Å². The Bertz CT molecular complexity index is 1230. The Labute approximate surface area is 164 Å². The summed E-state index contributed by atoms with van der Waals surface area (Å²) in [6, 6.07) is 11.5. The van der Waals surface area contributed by atoms with Gasteiger partial charge in [0, 0.05) is 10.9 Å². The van der Waals surface area contributed by atoms with Gasteiger partial charge in [0.2, 0.25) is 18.5 Å². The fourth-order valence-electron chi connectivity index (χ4n) is 2.73. The molecule has 0 unspecified atom stereocenters. The van der Waals surface area contributed by atoms with Gasteiger partial charge in [-0.25, -0.2) is 9.97 Å². The number of ether oxygens (including phenoxy) is 2. The van der Waals surface area contributed by atoms with E-state index in [1.54, 1.807) is 36.4 Å². The highest BCUT2D eigenvalue weighted by atomic mass is 32.2. The van der Waals surface area contributed by atoms with E-state index in [1.807, 2.05) is 0 Å². The molecular formula is C18H9F3N4O3S. The van der Waals surface area contributed by atoms with Crippen molar-refractivity contribution in [2.75, 3.05) is 6.79 Å². The molecule has 0 N–H and O–H groups in total. The molecule has 0 atom stereocenters. The number of alkyl halides is 3. The maximum absolute atomic E-state index is 13.2. The molecule has 146 valence electrons. The third-order valence-electron chi connectivity index (χ3n) is 4.03. The van der Waals surface area contributed by atoms with Crippen LogP contribution in [0.3, 0.4) is 0 Å². The first-order chi connectivity index (χ1) is 14.0. The SMILES string of the molecule is FC(F)(F)c1nc(Sc2nnc(-c3ccc4c(c3)OCO4)o2)c2ccccc2n1. The minimum Gasteiger partial charge on any atom is -0.454 e. The molecule has 0 aliphatic carbocycles. The summed E-state index contributed by atoms with van der Waals surface area (Å²) in [6.45, 7) is 0.131. The minimum absolute atomic E-state index is 0.0506. The molecule has 0 radical (unpaired) electrons. The van der Waals surface area contributed by atoms with Gasteiger partial charge in [0.15, 0.2) is 11.5 Å². The molecule has 0 spiro atoms. The Hall–Kier alpha value is -3.34. The average Bonchev–Trinajstić information content (AvgIpc) is 3.36. The van der Waals surface area contributed by atoms with E-state index < -0.39 is 12.0 Å². The van der Waals surface area contributed by atoms with Crippen LogP contribution in [0.5, 0.6) is 11.5 Å². The molecule has 1 aliphatic heterocycles. The second-order valence-corrected chi connectivity index (χ2v) is 6.85. The highest BCUT2D eigenvalue weighted by Crippen LogP contribution is 2.38. The van der Waals surface area contributed by atoms with E-state index >= 15 is 0 Å². The van der Waals surface area contributed by atoms with Crippen molar-refractivity contribution >= 4 is 22.7 Å². The van der Waals surface area contributed by atoms with E-state index in [9.17, 15) is 13.2 Å². The number of benzene rings is 2. The lowest BCUT2D eigenvalue weighted by atomic mass is 10.2. The Morgan fingerprint density at radius 2 is 1.76 bits per heavy atom. The van der Waals surface area contributed by atoms with E-state index in [4.69, 9.17) is 13.9 Å². The zero-order valence-corrected chi connectivity index (χ0v) is 15.1. The summed E-state index contributed by atoms with van der Waals surface area (Å²) < 4.78 is 55.7. The van der Waals surface area contributed by atoms with Crippen molar-refractivity contribution in [3.05, 3.63) is 48.3 Å². The van der Waals surface area contributed by atoms with Gasteiger partial charge in [0.05, 0.1) is 5.52 Å². The Morgan fingerprint density at radius 1 is 0.931 bits per heavy atom. The zero-order chi connectivity index (χ0) is 20.0. The molecule has 0 saturated carbocycles. The standard InChI is InChI=1S/C18H9F3N4O3S/c19-18(20,21)16-22-11-4-2-1-3-10(11)15(23-16)29-17-25-24-14(28-17)9-5-6-12-13(7-9)27-8-26-12/h1-7H,8H2. The van der Waals surface area contributed by atoms with E-state index in [0.29, 0.717) is 22.4 Å². The van der Waals surface area contributed by atoms with Crippen molar-refractivity contribution in [1.29, 1.82) is 0 Å². The molecule has 1 aliphatic rings. The first-order valence-corrected chi connectivity index (χ1v) is 9.04. The molecule has 4 aromatic rings. The highest BCUT2D eigenvalue weighted by Gasteiger charge is 2.35. The summed E-state index contributed by atoms with van der Waals surface area (Å²) >= 11 is 0.841. The maximum atomic E-state index is 13.2. The van der Waals surface area contributed by atoms with Crippen LogP contribution in [0.1, 0.15) is 5.82 Å². The van der Waals surface area contributed by atoms with Crippen LogP contribution in [0.2, 0.25) is 0 Å². The number of nitrogens with zero attached hydrogens (tertiary/aromatic N) is 4. The van der Waals surface area contributed by atoms with Crippen LogP contribution in [0.15, 0.2) is 57.1 Å². The second kappa shape index (κ2) is 6.62. The van der Waals surface area contributed by atoms with Gasteiger partial charge in [-0.1, -0.05) is 18.2 Å². The van der Waals surface area contributed by atoms with Crippen LogP contribution < -0.4 is 9.47 Å². The largest absolute Gasteiger partial charge is 0.454 e. The molecule has 2 aromatic carbocycles. The second-order valence-electron chi connectivity index (χ2n) is 5.91. The van der Waals surface area contributed by atoms with Crippen molar-refractivity contribution < 1.29 is 27.1 Å². The van der Waals surface area contributed by atoms with Crippen molar-refractivity contribution in [3.8, 4) is 23.0 Å². The fraction of sp³-hybridized carbons (Fsp3) is 0.111. The number of rotatable bonds is 3. The van der Waals surface area contributed by atoms with Gasteiger partial charge in [0.25, 0.3) is 5.22 Å². The van der Waals surface area contributed by atoms with Gasteiger partial charge in [0.1, 0.15) is 5.03 Å². The van der Waals surface area contributed by atoms with Crippen molar-refractivity contribution in [2.24, 2.45) is 0 Å². The van der Waals surface area contributed by atoms with Crippen LogP contribution in [0.4, 0.5) is 13.2 Å². The lowest BCUT2D eigenvalue weighted by Gasteiger charge is -2.08. The van der Waals surface area contributed by atoms with Crippen molar-refractivity contribution in [1.82, 2.24) is 20.2 Å². The van der Waals surface area contributed by atoms with Gasteiger partial charge in [-0.3, -0.25) is 0 Å². The zero-order valence-electron chi connectivity index (χ0n) is 14.3. The normalized spacial score (nSPS) is 13.2. The molecule has 0 amide bonds. The highest BCUT2D eigenvalue weighted by molar-refractivity contribution is 7.99. The Morgan fingerprint density at radius 3 is 2.62 bits per heavy atom. The van der Waals surface area contributed by atoms with Gasteiger partial charge < -0.3 is 13.9 Å². The summed E-state index contributed by atoms with van der Waals surface area (Å²) in [6.07, 6.45) is -4.67. The Kier molecular flexibility index (Phi) is 4.05. The number of fused-ring (bicyclic) bond motifs is 2. The molecule has 2 aromatic heterocycles. The summed E-state index contributed by atoms with van der Waals surface area (Å²) in [5, 5.41) is 8.45. The van der Waals surface area contributed by atoms with Gasteiger partial charge in [-0.05, 0) is 36.0 Å². The van der Waals surface area contributed by atoms with Crippen LogP contribution in [-0.2, 0) is 6.18 Å². The van der Waals surface area contributed by atoms with E-state index in [2.05, 4.69) is 20.2 Å². The fourth-order valence-corrected chi connectivity index (χ4v) is 3.51. The number of para-hydroxylation sites is 1. The summed E-state index contributed by atoms with van der Waals surface area (Å²) in [5.74, 6) is 0.121. The first-order valence-electron chi connectivity index (χ1n) is 8.23.